The van der Waals surface area contributed by atoms with Crippen LogP contribution in [0.15, 0.2) is 77.8 Å². The van der Waals surface area contributed by atoms with Gasteiger partial charge in [-0.1, -0.05) is 76.6 Å². The van der Waals surface area contributed by atoms with Crippen molar-refractivity contribution < 1.29 is 14.3 Å². The first-order chi connectivity index (χ1) is 18.7. The van der Waals surface area contributed by atoms with Gasteiger partial charge in [0.1, 0.15) is 11.5 Å². The van der Waals surface area contributed by atoms with Crippen molar-refractivity contribution in [3.05, 3.63) is 83.9 Å². The number of carbonyl (C=O) groups excluding carboxylic acids is 1. The lowest BCUT2D eigenvalue weighted by molar-refractivity contribution is -0.110. The Hall–Kier alpha value is -3.60. The van der Waals surface area contributed by atoms with E-state index >= 15 is 0 Å². The monoisotopic (exact) mass is 512 g/mol. The Balaban J connectivity index is 1.57. The van der Waals surface area contributed by atoms with Gasteiger partial charge < -0.3 is 14.8 Å². The summed E-state index contributed by atoms with van der Waals surface area (Å²) in [5.41, 5.74) is 2.85. The van der Waals surface area contributed by atoms with Crippen molar-refractivity contribution in [2.75, 3.05) is 18.5 Å². The van der Waals surface area contributed by atoms with E-state index in [9.17, 15) is 4.79 Å². The SMILES string of the molecule is CCCCCCOc1ccc(C2=Nc3ccccc3NC2(C=O)c2ccc(OCCCCCC)cc2)cc1. The molecule has 0 amide bonds. The number of ether oxygens (including phenoxy) is 2. The van der Waals surface area contributed by atoms with E-state index < -0.39 is 5.54 Å². The van der Waals surface area contributed by atoms with Gasteiger partial charge in [0.25, 0.3) is 0 Å². The summed E-state index contributed by atoms with van der Waals surface area (Å²) in [4.78, 5) is 17.9. The second kappa shape index (κ2) is 13.8. The van der Waals surface area contributed by atoms with Crippen molar-refractivity contribution in [3.8, 4) is 11.5 Å². The molecule has 1 heterocycles. The van der Waals surface area contributed by atoms with Gasteiger partial charge in [0, 0.05) is 0 Å². The number of aldehydes is 1. The molecule has 3 aromatic carbocycles. The maximum atomic E-state index is 12.9. The van der Waals surface area contributed by atoms with Crippen molar-refractivity contribution in [3.63, 3.8) is 0 Å². The minimum atomic E-state index is -1.13. The van der Waals surface area contributed by atoms with Crippen LogP contribution in [0.5, 0.6) is 11.5 Å². The predicted octanol–water partition coefficient (Wildman–Crippen LogP) is 8.25. The van der Waals surface area contributed by atoms with Crippen molar-refractivity contribution in [1.82, 2.24) is 0 Å². The number of hydrogen-bond donors (Lipinski definition) is 1. The van der Waals surface area contributed by atoms with E-state index in [2.05, 4.69) is 19.2 Å². The summed E-state index contributed by atoms with van der Waals surface area (Å²) in [6, 6.07) is 23.5. The zero-order chi connectivity index (χ0) is 26.6. The molecule has 3 aromatic rings. The van der Waals surface area contributed by atoms with E-state index in [0.29, 0.717) is 18.9 Å². The van der Waals surface area contributed by atoms with E-state index in [1.807, 2.05) is 72.8 Å². The maximum absolute atomic E-state index is 12.9. The second-order valence-electron chi connectivity index (χ2n) is 9.90. The van der Waals surface area contributed by atoms with Gasteiger partial charge in [-0.25, -0.2) is 4.99 Å². The van der Waals surface area contributed by atoms with Gasteiger partial charge in [0.05, 0.1) is 30.3 Å². The Labute approximate surface area is 227 Å². The summed E-state index contributed by atoms with van der Waals surface area (Å²) in [5.74, 6) is 1.63. The predicted molar refractivity (Wildman–Crippen MR) is 156 cm³/mol. The van der Waals surface area contributed by atoms with E-state index in [4.69, 9.17) is 14.5 Å². The van der Waals surface area contributed by atoms with Gasteiger partial charge in [-0.2, -0.15) is 0 Å². The number of fused-ring (bicyclic) bond motifs is 1. The zero-order valence-corrected chi connectivity index (χ0v) is 22.7. The minimum absolute atomic E-state index is 0.661. The highest BCUT2D eigenvalue weighted by Gasteiger charge is 2.41. The Morgan fingerprint density at radius 2 is 1.32 bits per heavy atom. The Bertz CT molecular complexity index is 1190. The molecule has 1 atom stereocenters. The van der Waals surface area contributed by atoms with Gasteiger partial charge in [0.15, 0.2) is 11.8 Å². The molecule has 0 radical (unpaired) electrons. The van der Waals surface area contributed by atoms with Gasteiger partial charge >= 0.3 is 0 Å². The van der Waals surface area contributed by atoms with Gasteiger partial charge in [0.2, 0.25) is 0 Å². The first kappa shape index (κ1) is 27.4. The molecule has 1 aliphatic rings. The number of para-hydroxylation sites is 2. The van der Waals surface area contributed by atoms with E-state index in [-0.39, 0.29) is 0 Å². The van der Waals surface area contributed by atoms with E-state index in [1.54, 1.807) is 0 Å². The van der Waals surface area contributed by atoms with Gasteiger partial charge in [-0.3, -0.25) is 4.79 Å². The third-order valence-corrected chi connectivity index (χ3v) is 6.99. The molecule has 1 N–H and O–H groups in total. The fraction of sp³-hybridized carbons (Fsp3) is 0.394. The van der Waals surface area contributed by atoms with Crippen LogP contribution in [-0.4, -0.2) is 25.2 Å². The van der Waals surface area contributed by atoms with Crippen LogP contribution in [0.4, 0.5) is 11.4 Å². The third kappa shape index (κ3) is 6.63. The molecule has 0 aromatic heterocycles. The molecule has 0 bridgehead atoms. The number of nitrogens with one attached hydrogen (secondary N) is 1. The lowest BCUT2D eigenvalue weighted by Crippen LogP contribution is -2.47. The summed E-state index contributed by atoms with van der Waals surface area (Å²) in [7, 11) is 0. The van der Waals surface area contributed by atoms with Crippen LogP contribution >= 0.6 is 0 Å². The summed E-state index contributed by atoms with van der Waals surface area (Å²) >= 11 is 0. The molecule has 200 valence electrons. The Morgan fingerprint density at radius 1 is 0.737 bits per heavy atom. The number of rotatable bonds is 15. The first-order valence-corrected chi connectivity index (χ1v) is 14.1. The molecule has 0 saturated carbocycles. The maximum Gasteiger partial charge on any atom is 0.162 e. The van der Waals surface area contributed by atoms with Crippen molar-refractivity contribution in [2.45, 2.75) is 70.8 Å². The van der Waals surface area contributed by atoms with Crippen LogP contribution in [0.25, 0.3) is 0 Å². The van der Waals surface area contributed by atoms with Gasteiger partial charge in [-0.15, -0.1) is 0 Å². The van der Waals surface area contributed by atoms with Crippen LogP contribution in [-0.2, 0) is 10.3 Å². The van der Waals surface area contributed by atoms with Crippen LogP contribution in [0.2, 0.25) is 0 Å². The molecule has 1 aliphatic heterocycles. The largest absolute Gasteiger partial charge is 0.494 e. The molecule has 4 rings (SSSR count). The average molecular weight is 513 g/mol. The molecule has 0 fully saturated rings. The van der Waals surface area contributed by atoms with Crippen LogP contribution in [0, 0.1) is 0 Å². The van der Waals surface area contributed by atoms with E-state index in [1.165, 1.54) is 38.5 Å². The molecule has 5 heteroatoms. The number of anilines is 1. The van der Waals surface area contributed by atoms with Crippen molar-refractivity contribution in [1.29, 1.82) is 0 Å². The average Bonchev–Trinajstić information content (AvgIpc) is 2.97. The lowest BCUT2D eigenvalue weighted by Gasteiger charge is -2.36. The standard InChI is InChI=1S/C33H40N2O3/c1-3-5-7-11-23-37-28-19-15-26(16-20-28)32-33(25-36,35-31-14-10-9-13-30(31)34-32)27-17-21-29(22-18-27)38-24-12-8-6-4-2/h9-10,13-22,25,35H,3-8,11-12,23-24H2,1-2H3. The molecule has 0 spiro atoms. The number of hydrogen-bond acceptors (Lipinski definition) is 5. The van der Waals surface area contributed by atoms with Crippen LogP contribution < -0.4 is 14.8 Å². The fourth-order valence-electron chi connectivity index (χ4n) is 4.77. The number of aliphatic imine (C=N–C) groups is 1. The van der Waals surface area contributed by atoms with Gasteiger partial charge in [-0.05, 0) is 72.5 Å². The summed E-state index contributed by atoms with van der Waals surface area (Å²) in [5, 5.41) is 3.51. The summed E-state index contributed by atoms with van der Waals surface area (Å²) in [6.07, 6.45) is 10.3. The molecule has 1 unspecified atom stereocenters. The fourth-order valence-corrected chi connectivity index (χ4v) is 4.77. The molecule has 0 saturated heterocycles. The summed E-state index contributed by atoms with van der Waals surface area (Å²) in [6.45, 7) is 5.82. The minimum Gasteiger partial charge on any atom is -0.494 e. The second-order valence-corrected chi connectivity index (χ2v) is 9.90. The molecular formula is C33H40N2O3. The number of unbranched alkanes of at least 4 members (excludes halogenated alkanes) is 6. The zero-order valence-electron chi connectivity index (χ0n) is 22.7. The quantitative estimate of drug-likeness (QED) is 0.164. The van der Waals surface area contributed by atoms with Crippen molar-refractivity contribution in [2.24, 2.45) is 4.99 Å². The highest BCUT2D eigenvalue weighted by atomic mass is 16.5. The Morgan fingerprint density at radius 3 is 1.89 bits per heavy atom. The normalized spacial score (nSPS) is 16.2. The number of carbonyl (C=O) groups is 1. The number of benzene rings is 3. The number of nitrogens with zero attached hydrogens (tertiary/aromatic N) is 1. The lowest BCUT2D eigenvalue weighted by atomic mass is 9.81. The Kier molecular flexibility index (Phi) is 9.97. The van der Waals surface area contributed by atoms with Crippen LogP contribution in [0.3, 0.4) is 0 Å². The molecule has 5 nitrogen and oxygen atoms in total. The molecule has 0 aliphatic carbocycles. The smallest absolute Gasteiger partial charge is 0.162 e. The van der Waals surface area contributed by atoms with E-state index in [0.717, 1.165) is 53.1 Å². The topological polar surface area (TPSA) is 59.9 Å². The highest BCUT2D eigenvalue weighted by molar-refractivity contribution is 6.21. The van der Waals surface area contributed by atoms with Crippen LogP contribution in [0.1, 0.15) is 76.3 Å². The first-order valence-electron chi connectivity index (χ1n) is 14.1. The molecule has 38 heavy (non-hydrogen) atoms. The molecular weight excluding hydrogens is 472 g/mol. The van der Waals surface area contributed by atoms with Crippen molar-refractivity contribution >= 4 is 23.4 Å². The highest BCUT2D eigenvalue weighted by Crippen LogP contribution is 2.40. The third-order valence-electron chi connectivity index (χ3n) is 6.99. The summed E-state index contributed by atoms with van der Waals surface area (Å²) < 4.78 is 11.9.